The van der Waals surface area contributed by atoms with Crippen LogP contribution in [0.3, 0.4) is 0 Å². The summed E-state index contributed by atoms with van der Waals surface area (Å²) < 4.78 is 5.31. The number of anilines is 1. The first kappa shape index (κ1) is 11.3. The second-order valence-electron chi connectivity index (χ2n) is 5.04. The van der Waals surface area contributed by atoms with Crippen molar-refractivity contribution in [3.63, 3.8) is 0 Å². The molecule has 1 aliphatic rings. The van der Waals surface area contributed by atoms with Gasteiger partial charge in [0.15, 0.2) is 0 Å². The van der Waals surface area contributed by atoms with E-state index < -0.39 is 0 Å². The largest absolute Gasteiger partial charge is 0.357 e. The lowest BCUT2D eigenvalue weighted by molar-refractivity contribution is 0.422. The second kappa shape index (κ2) is 4.48. The average molecular weight is 242 g/mol. The fourth-order valence-electron chi connectivity index (χ4n) is 2.73. The van der Waals surface area contributed by atoms with E-state index in [1.54, 1.807) is 0 Å². The van der Waals surface area contributed by atoms with Crippen LogP contribution in [0.15, 0.2) is 28.8 Å². The Morgan fingerprint density at radius 3 is 2.78 bits per heavy atom. The third-order valence-corrected chi connectivity index (χ3v) is 3.83. The van der Waals surface area contributed by atoms with Gasteiger partial charge in [0.25, 0.3) is 0 Å². The van der Waals surface area contributed by atoms with Gasteiger partial charge in [0.2, 0.25) is 5.88 Å². The molecular weight excluding hydrogens is 224 g/mol. The van der Waals surface area contributed by atoms with Gasteiger partial charge in [-0.05, 0) is 31.2 Å². The SMILES string of the molecule is CNc1onc2c1CCC(c1ccc(C)cc1)C2. The summed E-state index contributed by atoms with van der Waals surface area (Å²) in [6.07, 6.45) is 3.21. The fraction of sp³-hybridized carbons (Fsp3) is 0.400. The first-order valence-electron chi connectivity index (χ1n) is 6.49. The van der Waals surface area contributed by atoms with Crippen molar-refractivity contribution in [2.75, 3.05) is 12.4 Å². The summed E-state index contributed by atoms with van der Waals surface area (Å²) in [6, 6.07) is 8.85. The van der Waals surface area contributed by atoms with Crippen molar-refractivity contribution < 1.29 is 4.52 Å². The number of nitrogens with one attached hydrogen (secondary N) is 1. The lowest BCUT2D eigenvalue weighted by atomic mass is 9.83. The molecule has 2 aromatic rings. The highest BCUT2D eigenvalue weighted by Crippen LogP contribution is 2.35. The van der Waals surface area contributed by atoms with Crippen LogP contribution in [0.4, 0.5) is 5.88 Å². The van der Waals surface area contributed by atoms with E-state index in [1.165, 1.54) is 23.1 Å². The summed E-state index contributed by atoms with van der Waals surface area (Å²) in [5.74, 6) is 1.42. The van der Waals surface area contributed by atoms with Gasteiger partial charge in [0, 0.05) is 19.0 Å². The fourth-order valence-corrected chi connectivity index (χ4v) is 2.73. The molecule has 0 saturated heterocycles. The van der Waals surface area contributed by atoms with E-state index in [2.05, 4.69) is 41.7 Å². The zero-order chi connectivity index (χ0) is 12.5. The molecule has 0 saturated carbocycles. The number of nitrogens with zero attached hydrogens (tertiary/aromatic N) is 1. The molecule has 1 heterocycles. The second-order valence-corrected chi connectivity index (χ2v) is 5.04. The molecule has 18 heavy (non-hydrogen) atoms. The highest BCUT2D eigenvalue weighted by atomic mass is 16.5. The maximum atomic E-state index is 5.31. The monoisotopic (exact) mass is 242 g/mol. The van der Waals surface area contributed by atoms with E-state index >= 15 is 0 Å². The Balaban J connectivity index is 1.84. The Labute approximate surface area is 107 Å². The van der Waals surface area contributed by atoms with Crippen molar-refractivity contribution in [1.82, 2.24) is 5.16 Å². The molecule has 0 fully saturated rings. The van der Waals surface area contributed by atoms with E-state index in [1.807, 2.05) is 7.05 Å². The van der Waals surface area contributed by atoms with Crippen LogP contribution < -0.4 is 5.32 Å². The summed E-state index contributed by atoms with van der Waals surface area (Å²) in [4.78, 5) is 0. The van der Waals surface area contributed by atoms with E-state index in [0.29, 0.717) is 5.92 Å². The molecule has 3 nitrogen and oxygen atoms in total. The highest BCUT2D eigenvalue weighted by molar-refractivity contribution is 5.45. The highest BCUT2D eigenvalue weighted by Gasteiger charge is 2.25. The van der Waals surface area contributed by atoms with Crippen LogP contribution >= 0.6 is 0 Å². The molecule has 0 aliphatic heterocycles. The van der Waals surface area contributed by atoms with Gasteiger partial charge in [-0.15, -0.1) is 0 Å². The molecule has 1 N–H and O–H groups in total. The number of hydrogen-bond donors (Lipinski definition) is 1. The molecule has 0 spiro atoms. The standard InChI is InChI=1S/C15H18N2O/c1-10-3-5-11(6-4-10)12-7-8-13-14(9-12)17-18-15(13)16-2/h3-6,12,16H,7-9H2,1-2H3. The van der Waals surface area contributed by atoms with Gasteiger partial charge < -0.3 is 9.84 Å². The van der Waals surface area contributed by atoms with Crippen molar-refractivity contribution >= 4 is 5.88 Å². The third kappa shape index (κ3) is 1.90. The Bertz CT molecular complexity index is 542. The number of rotatable bonds is 2. The molecule has 1 aliphatic carbocycles. The average Bonchev–Trinajstić information content (AvgIpc) is 2.81. The van der Waals surface area contributed by atoms with E-state index in [9.17, 15) is 0 Å². The van der Waals surface area contributed by atoms with Crippen molar-refractivity contribution in [3.05, 3.63) is 46.6 Å². The zero-order valence-electron chi connectivity index (χ0n) is 10.9. The van der Waals surface area contributed by atoms with Crippen LogP contribution in [0, 0.1) is 6.92 Å². The topological polar surface area (TPSA) is 38.1 Å². The summed E-state index contributed by atoms with van der Waals surface area (Å²) in [6.45, 7) is 2.12. The Hall–Kier alpha value is -1.77. The number of hydrogen-bond acceptors (Lipinski definition) is 3. The molecule has 3 heteroatoms. The molecule has 0 amide bonds. The van der Waals surface area contributed by atoms with Gasteiger partial charge in [-0.1, -0.05) is 35.0 Å². The van der Waals surface area contributed by atoms with E-state index in [0.717, 1.165) is 24.4 Å². The minimum absolute atomic E-state index is 0.577. The molecule has 0 radical (unpaired) electrons. The van der Waals surface area contributed by atoms with Crippen LogP contribution in [0.5, 0.6) is 0 Å². The maximum absolute atomic E-state index is 5.31. The van der Waals surface area contributed by atoms with Crippen LogP contribution in [-0.2, 0) is 12.8 Å². The molecule has 1 unspecified atom stereocenters. The van der Waals surface area contributed by atoms with Crippen molar-refractivity contribution in [3.8, 4) is 0 Å². The van der Waals surface area contributed by atoms with Gasteiger partial charge in [-0.3, -0.25) is 0 Å². The number of benzene rings is 1. The van der Waals surface area contributed by atoms with Crippen molar-refractivity contribution in [1.29, 1.82) is 0 Å². The predicted octanol–water partition coefficient (Wildman–Crippen LogP) is 3.30. The van der Waals surface area contributed by atoms with Crippen LogP contribution in [-0.4, -0.2) is 12.2 Å². The number of aryl methyl sites for hydroxylation is 1. The molecule has 94 valence electrons. The Kier molecular flexibility index (Phi) is 2.82. The van der Waals surface area contributed by atoms with Gasteiger partial charge in [0.05, 0.1) is 5.69 Å². The first-order chi connectivity index (χ1) is 8.78. The quantitative estimate of drug-likeness (QED) is 0.878. The van der Waals surface area contributed by atoms with Crippen LogP contribution in [0.1, 0.15) is 34.7 Å². The minimum Gasteiger partial charge on any atom is -0.357 e. The van der Waals surface area contributed by atoms with Crippen LogP contribution in [0.25, 0.3) is 0 Å². The molecule has 3 rings (SSSR count). The summed E-state index contributed by atoms with van der Waals surface area (Å²) in [5, 5.41) is 7.25. The van der Waals surface area contributed by atoms with Crippen molar-refractivity contribution in [2.24, 2.45) is 0 Å². The number of fused-ring (bicyclic) bond motifs is 1. The van der Waals surface area contributed by atoms with Gasteiger partial charge in [-0.2, -0.15) is 0 Å². The minimum atomic E-state index is 0.577. The normalized spacial score (nSPS) is 18.4. The molecule has 1 aromatic carbocycles. The Morgan fingerprint density at radius 1 is 1.28 bits per heavy atom. The maximum Gasteiger partial charge on any atom is 0.227 e. The van der Waals surface area contributed by atoms with E-state index in [4.69, 9.17) is 4.52 Å². The smallest absolute Gasteiger partial charge is 0.227 e. The van der Waals surface area contributed by atoms with Gasteiger partial charge in [0.1, 0.15) is 0 Å². The Morgan fingerprint density at radius 2 is 2.06 bits per heavy atom. The first-order valence-corrected chi connectivity index (χ1v) is 6.49. The van der Waals surface area contributed by atoms with E-state index in [-0.39, 0.29) is 0 Å². The van der Waals surface area contributed by atoms with Crippen molar-refractivity contribution in [2.45, 2.75) is 32.1 Å². The lowest BCUT2D eigenvalue weighted by Crippen LogP contribution is -2.12. The van der Waals surface area contributed by atoms with Gasteiger partial charge >= 0.3 is 0 Å². The number of aromatic nitrogens is 1. The summed E-state index contributed by atoms with van der Waals surface area (Å²) in [7, 11) is 1.88. The molecule has 0 bridgehead atoms. The molecule has 1 atom stereocenters. The van der Waals surface area contributed by atoms with Crippen LogP contribution in [0.2, 0.25) is 0 Å². The summed E-state index contributed by atoms with van der Waals surface area (Å²) >= 11 is 0. The summed E-state index contributed by atoms with van der Waals surface area (Å²) in [5.41, 5.74) is 5.12. The molecule has 1 aromatic heterocycles. The third-order valence-electron chi connectivity index (χ3n) is 3.83. The predicted molar refractivity (Wildman–Crippen MR) is 72.0 cm³/mol. The van der Waals surface area contributed by atoms with Gasteiger partial charge in [-0.25, -0.2) is 0 Å². The molecular formula is C15H18N2O. The zero-order valence-corrected chi connectivity index (χ0v) is 10.9. The lowest BCUT2D eigenvalue weighted by Gasteiger charge is -2.21.